The Kier molecular flexibility index (Phi) is 3.70. The normalized spacial score (nSPS) is 29.9. The number of quaternary nitrogens is 1. The van der Waals surface area contributed by atoms with Crippen LogP contribution in [0.5, 0.6) is 0 Å². The molecule has 1 heteroatoms. The van der Waals surface area contributed by atoms with E-state index >= 15 is 0 Å². The van der Waals surface area contributed by atoms with Crippen molar-refractivity contribution in [1.82, 2.24) is 0 Å². The van der Waals surface area contributed by atoms with E-state index in [1.54, 1.807) is 0 Å². The molecule has 1 heterocycles. The Morgan fingerprint density at radius 2 is 1.93 bits per heavy atom. The fourth-order valence-corrected chi connectivity index (χ4v) is 2.24. The Morgan fingerprint density at radius 3 is 2.50 bits per heavy atom. The highest BCUT2D eigenvalue weighted by Crippen LogP contribution is 2.27. The molecule has 2 atom stereocenters. The van der Waals surface area contributed by atoms with Gasteiger partial charge in [-0.05, 0) is 6.08 Å². The Balaban J connectivity index is 2.78. The second-order valence-electron chi connectivity index (χ2n) is 4.56. The van der Waals surface area contributed by atoms with Gasteiger partial charge in [0, 0.05) is 19.3 Å². The number of likely N-dealkylation sites (N-methyl/N-ethyl adjacent to an activating group) is 1. The third kappa shape index (κ3) is 2.16. The van der Waals surface area contributed by atoms with E-state index in [0.29, 0.717) is 12.1 Å². The summed E-state index contributed by atoms with van der Waals surface area (Å²) in [6.45, 7) is 7.66. The molecule has 0 saturated heterocycles. The van der Waals surface area contributed by atoms with Gasteiger partial charge in [0.15, 0.2) is 0 Å². The lowest BCUT2D eigenvalue weighted by Gasteiger charge is -2.45. The smallest absolute Gasteiger partial charge is 0.111 e. The predicted molar refractivity (Wildman–Crippen MR) is 63.1 cm³/mol. The van der Waals surface area contributed by atoms with Crippen LogP contribution in [-0.2, 0) is 0 Å². The van der Waals surface area contributed by atoms with Gasteiger partial charge in [-0.25, -0.2) is 0 Å². The van der Waals surface area contributed by atoms with E-state index in [0.717, 1.165) is 17.3 Å². The van der Waals surface area contributed by atoms with Crippen molar-refractivity contribution < 1.29 is 4.48 Å². The molecule has 0 aromatic rings. The summed E-state index contributed by atoms with van der Waals surface area (Å²) in [5, 5.41) is 0. The molecule has 1 nitrogen and oxygen atoms in total. The molecular weight excluding hydrogens is 170 g/mol. The number of rotatable bonds is 4. The fraction of sp³-hybridized carbons (Fsp3) is 0.538. The molecule has 0 radical (unpaired) electrons. The summed E-state index contributed by atoms with van der Waals surface area (Å²) in [5.74, 6) is 0. The molecule has 0 fully saturated rings. The number of hydrogen-bond acceptors (Lipinski definition) is 0. The minimum absolute atomic E-state index is 0.589. The summed E-state index contributed by atoms with van der Waals surface area (Å²) >= 11 is 0. The lowest BCUT2D eigenvalue weighted by atomic mass is 9.95. The second-order valence-corrected chi connectivity index (χ2v) is 4.56. The highest BCUT2D eigenvalue weighted by molar-refractivity contribution is 4.99. The lowest BCUT2D eigenvalue weighted by Crippen LogP contribution is -2.56. The van der Waals surface area contributed by atoms with Crippen molar-refractivity contribution in [1.29, 1.82) is 0 Å². The summed E-state index contributed by atoms with van der Waals surface area (Å²) in [7, 11) is 4.62. The zero-order valence-corrected chi connectivity index (χ0v) is 9.45. The molecule has 0 bridgehead atoms. The van der Waals surface area contributed by atoms with E-state index in [1.165, 1.54) is 6.42 Å². The van der Waals surface area contributed by atoms with Crippen LogP contribution in [-0.4, -0.2) is 30.7 Å². The van der Waals surface area contributed by atoms with Gasteiger partial charge in [-0.3, -0.25) is 0 Å². The average molecular weight is 192 g/mol. The largest absolute Gasteiger partial charge is 0.320 e. The van der Waals surface area contributed by atoms with E-state index in [-0.39, 0.29) is 0 Å². The first kappa shape index (κ1) is 11.3. The molecule has 0 spiro atoms. The molecule has 1 rings (SSSR count). The molecule has 0 aromatic carbocycles. The molecule has 14 heavy (non-hydrogen) atoms. The van der Waals surface area contributed by atoms with Gasteiger partial charge >= 0.3 is 0 Å². The summed E-state index contributed by atoms with van der Waals surface area (Å²) in [6, 6.07) is 1.27. The van der Waals surface area contributed by atoms with Gasteiger partial charge in [0.2, 0.25) is 0 Å². The first-order chi connectivity index (χ1) is 6.62. The van der Waals surface area contributed by atoms with Gasteiger partial charge in [-0.2, -0.15) is 0 Å². The summed E-state index contributed by atoms with van der Waals surface area (Å²) in [4.78, 5) is 0. The highest BCUT2D eigenvalue weighted by atomic mass is 15.4. The summed E-state index contributed by atoms with van der Waals surface area (Å²) in [5.41, 5.74) is 0. The maximum Gasteiger partial charge on any atom is 0.111 e. The average Bonchev–Trinajstić information content (AvgIpc) is 2.13. The van der Waals surface area contributed by atoms with Crippen molar-refractivity contribution in [2.75, 3.05) is 14.1 Å². The van der Waals surface area contributed by atoms with Crippen LogP contribution < -0.4 is 0 Å². The lowest BCUT2D eigenvalue weighted by molar-refractivity contribution is -0.933. The highest BCUT2D eigenvalue weighted by Gasteiger charge is 2.35. The van der Waals surface area contributed by atoms with Crippen molar-refractivity contribution in [2.24, 2.45) is 0 Å². The molecule has 78 valence electrons. The van der Waals surface area contributed by atoms with Crippen LogP contribution in [0.25, 0.3) is 0 Å². The minimum Gasteiger partial charge on any atom is -0.320 e. The van der Waals surface area contributed by atoms with Crippen molar-refractivity contribution in [3.8, 4) is 0 Å². The van der Waals surface area contributed by atoms with Crippen LogP contribution in [0.2, 0.25) is 0 Å². The molecular formula is C13H22N+. The number of hydrogen-bond donors (Lipinski definition) is 0. The first-order valence-electron chi connectivity index (χ1n) is 5.34. The third-order valence-corrected chi connectivity index (χ3v) is 3.41. The minimum atomic E-state index is 0.589. The van der Waals surface area contributed by atoms with Crippen LogP contribution in [0.3, 0.4) is 0 Å². The van der Waals surface area contributed by atoms with E-state index in [2.05, 4.69) is 39.4 Å². The van der Waals surface area contributed by atoms with Crippen LogP contribution >= 0.6 is 0 Å². The van der Waals surface area contributed by atoms with E-state index in [4.69, 9.17) is 0 Å². The van der Waals surface area contributed by atoms with Gasteiger partial charge in [-0.1, -0.05) is 18.2 Å². The SMILES string of the molecule is C=CCC1C=CCC(CC=C)[N+]1(C)C. The fourth-order valence-electron chi connectivity index (χ4n) is 2.24. The van der Waals surface area contributed by atoms with Crippen molar-refractivity contribution in [3.05, 3.63) is 37.5 Å². The van der Waals surface area contributed by atoms with E-state index in [1.807, 2.05) is 12.2 Å². The standard InChI is InChI=1S/C13H22N/c1-5-8-12-10-7-11-13(9-6-2)14(12,3)4/h5-7,10,12-13H,1-2,8-9,11H2,3-4H3/q+1. The monoisotopic (exact) mass is 192 g/mol. The molecule has 0 N–H and O–H groups in total. The van der Waals surface area contributed by atoms with Crippen molar-refractivity contribution in [3.63, 3.8) is 0 Å². The summed E-state index contributed by atoms with van der Waals surface area (Å²) < 4.78 is 1.06. The van der Waals surface area contributed by atoms with Crippen LogP contribution in [0.15, 0.2) is 37.5 Å². The zero-order valence-electron chi connectivity index (χ0n) is 9.45. The van der Waals surface area contributed by atoms with E-state index < -0.39 is 0 Å². The first-order valence-corrected chi connectivity index (χ1v) is 5.34. The van der Waals surface area contributed by atoms with Gasteiger partial charge < -0.3 is 4.48 Å². The molecule has 1 aliphatic rings. The Hall–Kier alpha value is -0.820. The van der Waals surface area contributed by atoms with Crippen molar-refractivity contribution in [2.45, 2.75) is 31.3 Å². The van der Waals surface area contributed by atoms with Gasteiger partial charge in [-0.15, -0.1) is 13.2 Å². The molecule has 1 aliphatic heterocycles. The van der Waals surface area contributed by atoms with Crippen LogP contribution in [0.4, 0.5) is 0 Å². The molecule has 0 amide bonds. The maximum atomic E-state index is 3.84. The number of nitrogens with zero attached hydrogens (tertiary/aromatic N) is 1. The maximum absolute atomic E-state index is 3.84. The van der Waals surface area contributed by atoms with Gasteiger partial charge in [0.1, 0.15) is 6.04 Å². The molecule has 0 aliphatic carbocycles. The van der Waals surface area contributed by atoms with Gasteiger partial charge in [0.05, 0.1) is 20.1 Å². The molecule has 0 aromatic heterocycles. The van der Waals surface area contributed by atoms with Crippen LogP contribution in [0.1, 0.15) is 19.3 Å². The Bertz CT molecular complexity index is 238. The van der Waals surface area contributed by atoms with Gasteiger partial charge in [0.25, 0.3) is 0 Å². The second kappa shape index (κ2) is 4.61. The zero-order chi connectivity index (χ0) is 10.6. The quantitative estimate of drug-likeness (QED) is 0.474. The Morgan fingerprint density at radius 1 is 1.29 bits per heavy atom. The predicted octanol–water partition coefficient (Wildman–Crippen LogP) is 2.91. The molecule has 0 saturated carbocycles. The third-order valence-electron chi connectivity index (χ3n) is 3.41. The van der Waals surface area contributed by atoms with E-state index in [9.17, 15) is 0 Å². The topological polar surface area (TPSA) is 0 Å². The Labute approximate surface area is 88.0 Å². The molecule has 2 unspecified atom stereocenters. The van der Waals surface area contributed by atoms with Crippen molar-refractivity contribution >= 4 is 0 Å². The van der Waals surface area contributed by atoms with Crippen LogP contribution in [0, 0.1) is 0 Å². The summed E-state index contributed by atoms with van der Waals surface area (Å²) in [6.07, 6.45) is 12.0.